The van der Waals surface area contributed by atoms with Crippen LogP contribution in [0.4, 0.5) is 0 Å². The molecule has 4 nitrogen and oxygen atoms in total. The minimum absolute atomic E-state index is 0.0989. The van der Waals surface area contributed by atoms with Crippen LogP contribution >= 0.6 is 0 Å². The lowest BCUT2D eigenvalue weighted by Gasteiger charge is -2.24. The summed E-state index contributed by atoms with van der Waals surface area (Å²) in [7, 11) is 0. The van der Waals surface area contributed by atoms with E-state index in [4.69, 9.17) is 14.2 Å². The zero-order valence-corrected chi connectivity index (χ0v) is 14.9. The summed E-state index contributed by atoms with van der Waals surface area (Å²) < 4.78 is 18.3. The molecule has 2 aromatic carbocycles. The molecule has 1 aliphatic heterocycles. The van der Waals surface area contributed by atoms with Gasteiger partial charge in [-0.2, -0.15) is 0 Å². The fourth-order valence-corrected chi connectivity index (χ4v) is 3.24. The topological polar surface area (TPSA) is 47.9 Å². The van der Waals surface area contributed by atoms with Crippen molar-refractivity contribution in [2.24, 2.45) is 0 Å². The van der Waals surface area contributed by atoms with E-state index >= 15 is 0 Å². The highest BCUT2D eigenvalue weighted by Gasteiger charge is 2.45. The molecule has 138 valence electrons. The van der Waals surface area contributed by atoms with E-state index in [0.717, 1.165) is 11.1 Å². The first-order chi connectivity index (χ1) is 12.8. The number of rotatable bonds is 9. The quantitative estimate of drug-likeness (QED) is 0.700. The van der Waals surface area contributed by atoms with Gasteiger partial charge in [0.2, 0.25) is 0 Å². The van der Waals surface area contributed by atoms with Gasteiger partial charge in [0, 0.05) is 0 Å². The van der Waals surface area contributed by atoms with Crippen molar-refractivity contribution in [3.05, 3.63) is 84.4 Å². The maximum absolute atomic E-state index is 9.74. The van der Waals surface area contributed by atoms with Gasteiger partial charge in [-0.25, -0.2) is 0 Å². The van der Waals surface area contributed by atoms with Gasteiger partial charge in [-0.05, 0) is 17.5 Å². The third kappa shape index (κ3) is 4.80. The zero-order chi connectivity index (χ0) is 18.2. The highest BCUT2D eigenvalue weighted by Crippen LogP contribution is 2.30. The molecule has 0 radical (unpaired) electrons. The van der Waals surface area contributed by atoms with Crippen LogP contribution in [0.15, 0.2) is 73.3 Å². The number of ether oxygens (including phenoxy) is 3. The van der Waals surface area contributed by atoms with Crippen molar-refractivity contribution < 1.29 is 19.3 Å². The van der Waals surface area contributed by atoms with Crippen molar-refractivity contribution >= 4 is 0 Å². The van der Waals surface area contributed by atoms with Crippen LogP contribution in [0.1, 0.15) is 17.5 Å². The average molecular weight is 354 g/mol. The fourth-order valence-electron chi connectivity index (χ4n) is 3.24. The predicted octanol–water partition coefficient (Wildman–Crippen LogP) is 3.49. The van der Waals surface area contributed by atoms with E-state index in [1.54, 1.807) is 0 Å². The van der Waals surface area contributed by atoms with Crippen LogP contribution in [-0.4, -0.2) is 36.1 Å². The average Bonchev–Trinajstić information content (AvgIpc) is 3.03. The number of aliphatic hydroxyl groups is 1. The second kappa shape index (κ2) is 9.64. The number of hydrogen-bond acceptors (Lipinski definition) is 4. The lowest BCUT2D eigenvalue weighted by atomic mass is 10.0. The van der Waals surface area contributed by atoms with Gasteiger partial charge in [0.1, 0.15) is 18.3 Å². The molecule has 1 heterocycles. The molecule has 0 aliphatic carbocycles. The van der Waals surface area contributed by atoms with Gasteiger partial charge in [0.25, 0.3) is 0 Å². The summed E-state index contributed by atoms with van der Waals surface area (Å²) in [6.45, 7) is 4.64. The van der Waals surface area contributed by atoms with Crippen molar-refractivity contribution in [3.63, 3.8) is 0 Å². The fraction of sp³-hybridized carbons (Fsp3) is 0.364. The van der Waals surface area contributed by atoms with Crippen LogP contribution in [0.5, 0.6) is 0 Å². The largest absolute Gasteiger partial charge is 0.394 e. The molecule has 0 unspecified atom stereocenters. The normalized spacial score (nSPS) is 25.3. The van der Waals surface area contributed by atoms with Gasteiger partial charge in [0.05, 0.1) is 25.9 Å². The summed E-state index contributed by atoms with van der Waals surface area (Å²) in [5.41, 5.74) is 2.18. The first-order valence-corrected chi connectivity index (χ1v) is 9.00. The van der Waals surface area contributed by atoms with Crippen molar-refractivity contribution in [2.75, 3.05) is 6.61 Å². The van der Waals surface area contributed by atoms with E-state index in [-0.39, 0.29) is 24.9 Å². The zero-order valence-electron chi connectivity index (χ0n) is 14.9. The molecule has 0 aromatic heterocycles. The van der Waals surface area contributed by atoms with Crippen LogP contribution in [0.3, 0.4) is 0 Å². The van der Waals surface area contributed by atoms with Gasteiger partial charge >= 0.3 is 0 Å². The van der Waals surface area contributed by atoms with Gasteiger partial charge < -0.3 is 19.3 Å². The Bertz CT molecular complexity index is 658. The van der Waals surface area contributed by atoms with Gasteiger partial charge in [-0.1, -0.05) is 66.7 Å². The summed E-state index contributed by atoms with van der Waals surface area (Å²) in [6, 6.07) is 20.0. The molecule has 1 aliphatic rings. The van der Waals surface area contributed by atoms with E-state index in [0.29, 0.717) is 19.6 Å². The molecule has 0 bridgehead atoms. The minimum Gasteiger partial charge on any atom is -0.394 e. The highest BCUT2D eigenvalue weighted by atomic mass is 16.6. The van der Waals surface area contributed by atoms with E-state index in [9.17, 15) is 5.11 Å². The highest BCUT2D eigenvalue weighted by molar-refractivity contribution is 5.14. The first-order valence-electron chi connectivity index (χ1n) is 9.00. The monoisotopic (exact) mass is 354 g/mol. The van der Waals surface area contributed by atoms with Gasteiger partial charge in [-0.3, -0.25) is 0 Å². The summed E-state index contributed by atoms with van der Waals surface area (Å²) in [5, 5.41) is 9.74. The van der Waals surface area contributed by atoms with Crippen molar-refractivity contribution in [2.45, 2.75) is 44.1 Å². The van der Waals surface area contributed by atoms with Crippen molar-refractivity contribution in [1.29, 1.82) is 0 Å². The molecular formula is C22H26O4. The molecule has 0 saturated carbocycles. The standard InChI is InChI=1S/C22H26O4/c1-2-9-19-21(24-15-17-10-5-3-6-11-17)22(20(14-23)26-19)25-16-18-12-7-4-8-13-18/h2-8,10-13,19-23H,1,9,14-16H2/t19-,20-,21+,22-/m1/s1. The Labute approximate surface area is 155 Å². The minimum atomic E-state index is -0.399. The molecule has 4 heteroatoms. The van der Waals surface area contributed by atoms with E-state index in [2.05, 4.69) is 6.58 Å². The Morgan fingerprint density at radius 1 is 0.846 bits per heavy atom. The number of hydrogen-bond donors (Lipinski definition) is 1. The lowest BCUT2D eigenvalue weighted by molar-refractivity contribution is -0.0832. The van der Waals surface area contributed by atoms with Crippen molar-refractivity contribution in [1.82, 2.24) is 0 Å². The third-order valence-corrected chi connectivity index (χ3v) is 4.56. The third-order valence-electron chi connectivity index (χ3n) is 4.56. The van der Waals surface area contributed by atoms with E-state index in [1.807, 2.05) is 66.7 Å². The van der Waals surface area contributed by atoms with E-state index < -0.39 is 6.10 Å². The van der Waals surface area contributed by atoms with Crippen LogP contribution in [0, 0.1) is 0 Å². The summed E-state index contributed by atoms with van der Waals surface area (Å²) >= 11 is 0. The molecular weight excluding hydrogens is 328 g/mol. The Morgan fingerprint density at radius 3 is 1.81 bits per heavy atom. The molecule has 0 spiro atoms. The summed E-state index contributed by atoms with van der Waals surface area (Å²) in [5.74, 6) is 0. The molecule has 1 saturated heterocycles. The molecule has 0 amide bonds. The number of aliphatic hydroxyl groups excluding tert-OH is 1. The molecule has 3 rings (SSSR count). The van der Waals surface area contributed by atoms with Gasteiger partial charge in [0.15, 0.2) is 0 Å². The summed E-state index contributed by atoms with van der Waals surface area (Å²) in [4.78, 5) is 0. The first kappa shape index (κ1) is 18.8. The molecule has 1 N–H and O–H groups in total. The van der Waals surface area contributed by atoms with E-state index in [1.165, 1.54) is 0 Å². The Hall–Kier alpha value is -1.98. The Morgan fingerprint density at radius 2 is 1.35 bits per heavy atom. The van der Waals surface area contributed by atoms with Crippen LogP contribution in [0.2, 0.25) is 0 Å². The number of benzene rings is 2. The molecule has 2 aromatic rings. The maximum Gasteiger partial charge on any atom is 0.115 e. The second-order valence-electron chi connectivity index (χ2n) is 6.44. The Kier molecular flexibility index (Phi) is 6.97. The van der Waals surface area contributed by atoms with Gasteiger partial charge in [-0.15, -0.1) is 6.58 Å². The second-order valence-corrected chi connectivity index (χ2v) is 6.44. The van der Waals surface area contributed by atoms with Crippen molar-refractivity contribution in [3.8, 4) is 0 Å². The lowest BCUT2D eigenvalue weighted by Crippen LogP contribution is -2.38. The summed E-state index contributed by atoms with van der Waals surface area (Å²) in [6.07, 6.45) is 1.32. The smallest absolute Gasteiger partial charge is 0.115 e. The molecule has 4 atom stereocenters. The predicted molar refractivity (Wildman–Crippen MR) is 101 cm³/mol. The molecule has 1 fully saturated rings. The van der Waals surface area contributed by atoms with Crippen LogP contribution in [-0.2, 0) is 27.4 Å². The van der Waals surface area contributed by atoms with Crippen LogP contribution < -0.4 is 0 Å². The Balaban J connectivity index is 1.69. The van der Waals surface area contributed by atoms with Crippen LogP contribution in [0.25, 0.3) is 0 Å². The molecule has 26 heavy (non-hydrogen) atoms. The SMILES string of the molecule is C=CC[C@H]1O[C@H](CO)[C@@H](OCc2ccccc2)[C@H]1OCc1ccccc1. The maximum atomic E-state index is 9.74.